The van der Waals surface area contributed by atoms with Gasteiger partial charge in [0.05, 0.1) is 13.7 Å². The van der Waals surface area contributed by atoms with Crippen LogP contribution in [0.2, 0.25) is 0 Å². The standard InChI is InChI=1S/C17H24N3O4P/c1-23-15-4-2-3-14-16(15)18-11-19-17(14)20-13-7-5-12(6-8-13)9-10-24-25(21)22/h2-4,11-13,25H,5-10H2,1H3,(H,21,22)(H,18,19,20). The van der Waals surface area contributed by atoms with Gasteiger partial charge in [-0.15, -0.1) is 0 Å². The van der Waals surface area contributed by atoms with Crippen molar-refractivity contribution in [3.63, 3.8) is 0 Å². The van der Waals surface area contributed by atoms with Crippen molar-refractivity contribution in [1.29, 1.82) is 0 Å². The van der Waals surface area contributed by atoms with Gasteiger partial charge in [0.25, 0.3) is 0 Å². The predicted octanol–water partition coefficient (Wildman–Crippen LogP) is 3.40. The normalized spacial score (nSPS) is 21.8. The molecule has 1 aromatic carbocycles. The Morgan fingerprint density at radius 2 is 2.08 bits per heavy atom. The number of ether oxygens (including phenoxy) is 1. The number of benzene rings is 1. The van der Waals surface area contributed by atoms with Gasteiger partial charge in [0, 0.05) is 11.4 Å². The summed E-state index contributed by atoms with van der Waals surface area (Å²) in [6, 6.07) is 6.21. The first kappa shape index (κ1) is 18.1. The van der Waals surface area contributed by atoms with Crippen LogP contribution < -0.4 is 10.1 Å². The van der Waals surface area contributed by atoms with Crippen molar-refractivity contribution in [3.05, 3.63) is 24.5 Å². The molecule has 2 N–H and O–H groups in total. The van der Waals surface area contributed by atoms with Gasteiger partial charge in [-0.05, 0) is 50.2 Å². The number of nitrogens with zero attached hydrogens (tertiary/aromatic N) is 2. The number of rotatable bonds is 7. The van der Waals surface area contributed by atoms with Crippen LogP contribution in [0.25, 0.3) is 10.9 Å². The Kier molecular flexibility index (Phi) is 6.24. The van der Waals surface area contributed by atoms with Crippen LogP contribution in [-0.2, 0) is 9.09 Å². The molecular formula is C17H24N3O4P. The lowest BCUT2D eigenvalue weighted by atomic mass is 9.84. The van der Waals surface area contributed by atoms with Gasteiger partial charge in [-0.1, -0.05) is 6.07 Å². The number of methoxy groups -OCH3 is 1. The first-order valence-corrected chi connectivity index (χ1v) is 9.83. The summed E-state index contributed by atoms with van der Waals surface area (Å²) in [6.07, 6.45) is 6.67. The lowest BCUT2D eigenvalue weighted by molar-refractivity contribution is 0.228. The Labute approximate surface area is 147 Å². The summed E-state index contributed by atoms with van der Waals surface area (Å²) in [5, 5.41) is 4.51. The quantitative estimate of drug-likeness (QED) is 0.726. The van der Waals surface area contributed by atoms with Crippen LogP contribution in [0.15, 0.2) is 24.5 Å². The third-order valence-corrected chi connectivity index (χ3v) is 5.24. The molecule has 1 heterocycles. The molecule has 25 heavy (non-hydrogen) atoms. The van der Waals surface area contributed by atoms with Crippen molar-refractivity contribution in [2.45, 2.75) is 38.1 Å². The Morgan fingerprint density at radius 1 is 1.28 bits per heavy atom. The molecule has 1 aromatic heterocycles. The highest BCUT2D eigenvalue weighted by Crippen LogP contribution is 2.32. The highest BCUT2D eigenvalue weighted by atomic mass is 31.1. The van der Waals surface area contributed by atoms with Gasteiger partial charge in [-0.25, -0.2) is 9.97 Å². The molecule has 1 aliphatic rings. The minimum atomic E-state index is -2.80. The SMILES string of the molecule is COc1cccc2c(NC3CCC(CCO[PH](=O)O)CC3)ncnc12. The number of fused-ring (bicyclic) bond motifs is 1. The van der Waals surface area contributed by atoms with Crippen LogP contribution in [0.1, 0.15) is 32.1 Å². The highest BCUT2D eigenvalue weighted by molar-refractivity contribution is 7.32. The zero-order valence-electron chi connectivity index (χ0n) is 14.3. The van der Waals surface area contributed by atoms with Gasteiger partial charge >= 0.3 is 8.25 Å². The molecule has 1 aliphatic carbocycles. The van der Waals surface area contributed by atoms with Crippen molar-refractivity contribution in [3.8, 4) is 5.75 Å². The molecule has 0 bridgehead atoms. The molecule has 3 rings (SSSR count). The number of aromatic nitrogens is 2. The van der Waals surface area contributed by atoms with Gasteiger partial charge in [0.1, 0.15) is 23.4 Å². The van der Waals surface area contributed by atoms with Crippen molar-refractivity contribution < 1.29 is 18.7 Å². The van der Waals surface area contributed by atoms with E-state index in [1.54, 1.807) is 13.4 Å². The minimum absolute atomic E-state index is 0.368. The van der Waals surface area contributed by atoms with E-state index in [0.717, 1.165) is 54.6 Å². The second-order valence-corrected chi connectivity index (χ2v) is 7.16. The highest BCUT2D eigenvalue weighted by Gasteiger charge is 2.22. The molecule has 7 nitrogen and oxygen atoms in total. The number of nitrogens with one attached hydrogen (secondary N) is 1. The van der Waals surface area contributed by atoms with Gasteiger partial charge in [-0.3, -0.25) is 4.57 Å². The fourth-order valence-electron chi connectivity index (χ4n) is 3.44. The Morgan fingerprint density at radius 3 is 2.80 bits per heavy atom. The number of anilines is 1. The maximum absolute atomic E-state index is 10.6. The average Bonchev–Trinajstić information content (AvgIpc) is 2.62. The summed E-state index contributed by atoms with van der Waals surface area (Å²) >= 11 is 0. The van der Waals surface area contributed by atoms with Crippen LogP contribution in [0.4, 0.5) is 5.82 Å². The van der Waals surface area contributed by atoms with E-state index >= 15 is 0 Å². The van der Waals surface area contributed by atoms with E-state index < -0.39 is 8.25 Å². The van der Waals surface area contributed by atoms with Crippen LogP contribution in [-0.4, -0.2) is 34.6 Å². The lowest BCUT2D eigenvalue weighted by Crippen LogP contribution is -2.27. The van der Waals surface area contributed by atoms with E-state index in [1.165, 1.54) is 0 Å². The molecule has 1 fully saturated rings. The van der Waals surface area contributed by atoms with E-state index in [4.69, 9.17) is 14.2 Å². The first-order valence-electron chi connectivity index (χ1n) is 8.57. The summed E-state index contributed by atoms with van der Waals surface area (Å²) in [5.41, 5.74) is 0.813. The summed E-state index contributed by atoms with van der Waals surface area (Å²) < 4.78 is 20.7. The van der Waals surface area contributed by atoms with Gasteiger partial charge in [0.15, 0.2) is 0 Å². The summed E-state index contributed by atoms with van der Waals surface area (Å²) in [6.45, 7) is 0.368. The smallest absolute Gasteiger partial charge is 0.316 e. The molecule has 2 aromatic rings. The van der Waals surface area contributed by atoms with Crippen molar-refractivity contribution in [2.24, 2.45) is 5.92 Å². The van der Waals surface area contributed by atoms with Gasteiger partial charge < -0.3 is 19.5 Å². The first-order chi connectivity index (χ1) is 12.2. The molecule has 0 amide bonds. The maximum atomic E-state index is 10.6. The molecule has 0 radical (unpaired) electrons. The van der Waals surface area contributed by atoms with Gasteiger partial charge in [0.2, 0.25) is 0 Å². The monoisotopic (exact) mass is 365 g/mol. The van der Waals surface area contributed by atoms with E-state index in [0.29, 0.717) is 18.6 Å². The van der Waals surface area contributed by atoms with Crippen molar-refractivity contribution in [1.82, 2.24) is 9.97 Å². The van der Waals surface area contributed by atoms with Crippen molar-refractivity contribution in [2.75, 3.05) is 19.0 Å². The Balaban J connectivity index is 1.59. The fourth-order valence-corrected chi connectivity index (χ4v) is 3.73. The van der Waals surface area contributed by atoms with E-state index in [2.05, 4.69) is 15.3 Å². The minimum Gasteiger partial charge on any atom is -0.494 e. The summed E-state index contributed by atoms with van der Waals surface area (Å²) in [7, 11) is -1.16. The zero-order valence-corrected chi connectivity index (χ0v) is 15.3. The van der Waals surface area contributed by atoms with Crippen molar-refractivity contribution >= 4 is 25.0 Å². The van der Waals surface area contributed by atoms with E-state index in [1.807, 2.05) is 18.2 Å². The van der Waals surface area contributed by atoms with Crippen LogP contribution >= 0.6 is 8.25 Å². The van der Waals surface area contributed by atoms with E-state index in [9.17, 15) is 4.57 Å². The van der Waals surface area contributed by atoms with Gasteiger partial charge in [-0.2, -0.15) is 0 Å². The lowest BCUT2D eigenvalue weighted by Gasteiger charge is -2.29. The number of hydrogen-bond donors (Lipinski definition) is 2. The number of hydrogen-bond acceptors (Lipinski definition) is 6. The molecule has 0 spiro atoms. The molecule has 1 saturated carbocycles. The molecule has 0 saturated heterocycles. The molecular weight excluding hydrogens is 341 g/mol. The second-order valence-electron chi connectivity index (χ2n) is 6.34. The van der Waals surface area contributed by atoms with E-state index in [-0.39, 0.29) is 0 Å². The molecule has 136 valence electrons. The average molecular weight is 365 g/mol. The maximum Gasteiger partial charge on any atom is 0.316 e. The third kappa shape index (κ3) is 4.69. The van der Waals surface area contributed by atoms with Crippen LogP contribution in [0, 0.1) is 5.92 Å². The Hall–Kier alpha value is -1.69. The Bertz CT molecular complexity index is 735. The second kappa shape index (κ2) is 8.61. The molecule has 8 heteroatoms. The largest absolute Gasteiger partial charge is 0.494 e. The fraction of sp³-hybridized carbons (Fsp3) is 0.529. The predicted molar refractivity (Wildman–Crippen MR) is 97.2 cm³/mol. The van der Waals surface area contributed by atoms with Crippen LogP contribution in [0.3, 0.4) is 0 Å². The topological polar surface area (TPSA) is 93.6 Å². The molecule has 1 atom stereocenters. The number of para-hydroxylation sites is 1. The molecule has 0 aliphatic heterocycles. The summed E-state index contributed by atoms with van der Waals surface area (Å²) in [4.78, 5) is 17.4. The zero-order chi connectivity index (χ0) is 17.6. The summed E-state index contributed by atoms with van der Waals surface area (Å²) in [5.74, 6) is 2.14. The molecule has 1 unspecified atom stereocenters. The van der Waals surface area contributed by atoms with Crippen LogP contribution in [0.5, 0.6) is 5.75 Å². The third-order valence-electron chi connectivity index (χ3n) is 4.79.